The summed E-state index contributed by atoms with van der Waals surface area (Å²) < 4.78 is 26.4. The van der Waals surface area contributed by atoms with Crippen molar-refractivity contribution in [2.45, 2.75) is 50.6 Å². The minimum atomic E-state index is -0.320. The van der Waals surface area contributed by atoms with E-state index < -0.39 is 0 Å². The SMILES string of the molecule is O=C(C(CCl)N1CCC(Cc2ccc(F)cc2)CC1)C(CCl)N1CCC(Cc2ccc(F)cc2)CC1. The number of alkyl halides is 2. The fourth-order valence-electron chi connectivity index (χ4n) is 5.77. The van der Waals surface area contributed by atoms with Crippen LogP contribution in [0, 0.1) is 23.5 Å². The lowest BCUT2D eigenvalue weighted by Gasteiger charge is -2.41. The van der Waals surface area contributed by atoms with Gasteiger partial charge in [-0.05, 0) is 112 Å². The highest BCUT2D eigenvalue weighted by Crippen LogP contribution is 2.27. The minimum Gasteiger partial charge on any atom is -0.296 e. The fraction of sp³-hybridized carbons (Fsp3) is 0.552. The number of piperidine rings is 2. The molecule has 2 aromatic rings. The number of Topliss-reactive ketones (excluding diaryl/α,β-unsaturated/α-hetero) is 1. The number of carbonyl (C=O) groups excluding carboxylic acids is 1. The van der Waals surface area contributed by atoms with Crippen molar-refractivity contribution in [1.82, 2.24) is 9.80 Å². The Morgan fingerprint density at radius 1 is 0.694 bits per heavy atom. The summed E-state index contributed by atoms with van der Waals surface area (Å²) in [7, 11) is 0. The van der Waals surface area contributed by atoms with Crippen molar-refractivity contribution in [3.8, 4) is 0 Å². The number of hydrogen-bond donors (Lipinski definition) is 0. The molecule has 0 bridgehead atoms. The Balaban J connectivity index is 1.27. The zero-order valence-electron chi connectivity index (χ0n) is 20.7. The third kappa shape index (κ3) is 7.28. The Morgan fingerprint density at radius 2 is 1.03 bits per heavy atom. The first-order valence-corrected chi connectivity index (χ1v) is 14.2. The van der Waals surface area contributed by atoms with Gasteiger partial charge in [0.2, 0.25) is 0 Å². The number of halogens is 4. The van der Waals surface area contributed by atoms with E-state index in [4.69, 9.17) is 23.2 Å². The first kappa shape index (κ1) is 27.5. The molecule has 0 N–H and O–H groups in total. The van der Waals surface area contributed by atoms with E-state index in [-0.39, 0.29) is 41.3 Å². The number of nitrogens with zero attached hydrogens (tertiary/aromatic N) is 2. The van der Waals surface area contributed by atoms with Crippen LogP contribution in [0.4, 0.5) is 8.78 Å². The lowest BCUT2D eigenvalue weighted by molar-refractivity contribution is -0.129. The van der Waals surface area contributed by atoms with Gasteiger partial charge in [0.25, 0.3) is 0 Å². The number of carbonyl (C=O) groups is 1. The molecule has 2 heterocycles. The Hall–Kier alpha value is -1.53. The molecule has 2 fully saturated rings. The van der Waals surface area contributed by atoms with E-state index in [0.717, 1.165) is 75.8 Å². The molecular weight excluding hydrogens is 501 g/mol. The molecule has 196 valence electrons. The molecule has 2 saturated heterocycles. The zero-order chi connectivity index (χ0) is 25.5. The minimum absolute atomic E-state index is 0.133. The monoisotopic (exact) mass is 536 g/mol. The van der Waals surface area contributed by atoms with Crippen molar-refractivity contribution in [2.24, 2.45) is 11.8 Å². The maximum absolute atomic E-state index is 13.6. The largest absolute Gasteiger partial charge is 0.296 e. The van der Waals surface area contributed by atoms with Crippen molar-refractivity contribution < 1.29 is 13.6 Å². The molecule has 2 unspecified atom stereocenters. The fourth-order valence-corrected chi connectivity index (χ4v) is 6.47. The average molecular weight is 538 g/mol. The topological polar surface area (TPSA) is 23.6 Å². The van der Waals surface area contributed by atoms with E-state index in [2.05, 4.69) is 9.80 Å². The van der Waals surface area contributed by atoms with Crippen LogP contribution in [0.1, 0.15) is 36.8 Å². The number of ketones is 1. The number of rotatable bonds is 10. The van der Waals surface area contributed by atoms with Gasteiger partial charge in [0, 0.05) is 11.8 Å². The third-order valence-electron chi connectivity index (χ3n) is 8.00. The van der Waals surface area contributed by atoms with E-state index in [1.54, 1.807) is 0 Å². The molecule has 0 aromatic heterocycles. The molecular formula is C29H36Cl2F2N2O. The summed E-state index contributed by atoms with van der Waals surface area (Å²) in [5, 5.41) is 0. The lowest BCUT2D eigenvalue weighted by Crippen LogP contribution is -2.56. The normalized spacial score (nSPS) is 20.3. The molecule has 36 heavy (non-hydrogen) atoms. The van der Waals surface area contributed by atoms with Gasteiger partial charge in [0.15, 0.2) is 5.78 Å². The number of likely N-dealkylation sites (tertiary alicyclic amines) is 2. The molecule has 0 aliphatic carbocycles. The second-order valence-electron chi connectivity index (χ2n) is 10.4. The molecule has 4 rings (SSSR count). The van der Waals surface area contributed by atoms with E-state index >= 15 is 0 Å². The molecule has 2 atom stereocenters. The molecule has 0 saturated carbocycles. The van der Waals surface area contributed by atoms with Gasteiger partial charge in [-0.1, -0.05) is 24.3 Å². The smallest absolute Gasteiger partial charge is 0.169 e. The van der Waals surface area contributed by atoms with Crippen molar-refractivity contribution >= 4 is 29.0 Å². The summed E-state index contributed by atoms with van der Waals surface area (Å²) in [4.78, 5) is 18.1. The average Bonchev–Trinajstić information content (AvgIpc) is 2.90. The van der Waals surface area contributed by atoms with Crippen LogP contribution in [-0.2, 0) is 17.6 Å². The highest BCUT2D eigenvalue weighted by atomic mass is 35.5. The van der Waals surface area contributed by atoms with Crippen LogP contribution in [0.2, 0.25) is 0 Å². The first-order valence-electron chi connectivity index (χ1n) is 13.1. The number of hydrogen-bond acceptors (Lipinski definition) is 3. The van der Waals surface area contributed by atoms with Crippen LogP contribution < -0.4 is 0 Å². The summed E-state index contributed by atoms with van der Waals surface area (Å²) in [6.45, 7) is 3.35. The second-order valence-corrected chi connectivity index (χ2v) is 11.0. The Morgan fingerprint density at radius 3 is 1.33 bits per heavy atom. The highest BCUT2D eigenvalue weighted by Gasteiger charge is 2.36. The molecule has 0 radical (unpaired) electrons. The van der Waals surface area contributed by atoms with Crippen molar-refractivity contribution in [1.29, 1.82) is 0 Å². The maximum atomic E-state index is 13.6. The molecule has 2 aromatic carbocycles. The van der Waals surface area contributed by atoms with Crippen LogP contribution >= 0.6 is 23.2 Å². The Kier molecular flexibility index (Phi) is 10.2. The van der Waals surface area contributed by atoms with Crippen LogP contribution in [0.5, 0.6) is 0 Å². The van der Waals surface area contributed by atoms with Crippen LogP contribution in [0.3, 0.4) is 0 Å². The molecule has 0 amide bonds. The summed E-state index contributed by atoms with van der Waals surface area (Å²) in [6.07, 6.45) is 5.86. The second kappa shape index (κ2) is 13.3. The molecule has 3 nitrogen and oxygen atoms in total. The quantitative estimate of drug-likeness (QED) is 0.350. The van der Waals surface area contributed by atoms with Gasteiger partial charge >= 0.3 is 0 Å². The van der Waals surface area contributed by atoms with Gasteiger partial charge in [-0.3, -0.25) is 14.6 Å². The van der Waals surface area contributed by atoms with E-state index in [1.165, 1.54) is 24.3 Å². The maximum Gasteiger partial charge on any atom is 0.169 e. The van der Waals surface area contributed by atoms with Crippen molar-refractivity contribution in [3.63, 3.8) is 0 Å². The molecule has 7 heteroatoms. The van der Waals surface area contributed by atoms with Gasteiger partial charge in [-0.2, -0.15) is 0 Å². The summed E-state index contributed by atoms with van der Waals surface area (Å²) >= 11 is 12.7. The van der Waals surface area contributed by atoms with Gasteiger partial charge in [0.05, 0.1) is 12.1 Å². The third-order valence-corrected chi connectivity index (χ3v) is 8.59. The van der Waals surface area contributed by atoms with E-state index in [9.17, 15) is 13.6 Å². The Bertz CT molecular complexity index is 879. The lowest BCUT2D eigenvalue weighted by atomic mass is 9.88. The molecule has 2 aliphatic rings. The van der Waals surface area contributed by atoms with Gasteiger partial charge in [0.1, 0.15) is 11.6 Å². The number of benzene rings is 2. The standard InChI is InChI=1S/C29H36Cl2F2N2O/c30-19-27(34-13-9-23(10-14-34)17-21-1-5-25(32)6-2-21)29(36)28(20-31)35-15-11-24(12-16-35)18-22-3-7-26(33)8-4-22/h1-8,23-24,27-28H,9-20H2. The van der Waals surface area contributed by atoms with Crippen molar-refractivity contribution in [3.05, 3.63) is 71.3 Å². The zero-order valence-corrected chi connectivity index (χ0v) is 22.2. The van der Waals surface area contributed by atoms with Crippen molar-refractivity contribution in [2.75, 3.05) is 37.9 Å². The Labute approximate surface area is 223 Å². The van der Waals surface area contributed by atoms with E-state index in [1.807, 2.05) is 24.3 Å². The van der Waals surface area contributed by atoms with Gasteiger partial charge in [-0.15, -0.1) is 23.2 Å². The van der Waals surface area contributed by atoms with Crippen LogP contribution in [-0.4, -0.2) is 65.6 Å². The molecule has 0 spiro atoms. The highest BCUT2D eigenvalue weighted by molar-refractivity contribution is 6.22. The van der Waals surface area contributed by atoms with Crippen LogP contribution in [0.25, 0.3) is 0 Å². The summed E-state index contributed by atoms with van der Waals surface area (Å²) in [5.41, 5.74) is 2.31. The van der Waals surface area contributed by atoms with Gasteiger partial charge < -0.3 is 0 Å². The first-order chi connectivity index (χ1) is 17.5. The predicted molar refractivity (Wildman–Crippen MR) is 143 cm³/mol. The predicted octanol–water partition coefficient (Wildman–Crippen LogP) is 5.96. The summed E-state index contributed by atoms with van der Waals surface area (Å²) in [6, 6.07) is 12.9. The van der Waals surface area contributed by atoms with Crippen LogP contribution in [0.15, 0.2) is 48.5 Å². The van der Waals surface area contributed by atoms with Gasteiger partial charge in [-0.25, -0.2) is 8.78 Å². The molecule has 2 aliphatic heterocycles. The van der Waals surface area contributed by atoms with E-state index in [0.29, 0.717) is 11.8 Å². The summed E-state index contributed by atoms with van der Waals surface area (Å²) in [5.74, 6) is 1.33.